The summed E-state index contributed by atoms with van der Waals surface area (Å²) in [5, 5.41) is 21.4. The Bertz CT molecular complexity index is 1320. The summed E-state index contributed by atoms with van der Waals surface area (Å²) in [7, 11) is 2.87. The molecule has 2 aromatic heterocycles. The molecule has 2 amide bonds. The first kappa shape index (κ1) is 24.7. The summed E-state index contributed by atoms with van der Waals surface area (Å²) in [5.74, 6) is -2.06. The molecule has 0 saturated carbocycles. The molecular weight excluding hydrogens is 520 g/mol. The first-order chi connectivity index (χ1) is 16.7. The number of carboxylic acid groups (broad SMARTS) is 1. The molecule has 0 aromatic carbocycles. The number of aryl methyl sites for hydroxylation is 1. The molecule has 0 aliphatic carbocycles. The van der Waals surface area contributed by atoms with E-state index in [0.29, 0.717) is 16.5 Å². The van der Waals surface area contributed by atoms with Gasteiger partial charge in [-0.2, -0.15) is 10.1 Å². The zero-order valence-corrected chi connectivity index (χ0v) is 20.6. The molecule has 4 heterocycles. The number of hydrogen-bond donors (Lipinski definition) is 3. The molecule has 4 N–H and O–H groups in total. The second-order valence-electron chi connectivity index (χ2n) is 7.10. The third kappa shape index (κ3) is 4.87. The Balaban J connectivity index is 1.51. The molecule has 1 saturated heterocycles. The van der Waals surface area contributed by atoms with Crippen LogP contribution in [0.5, 0.6) is 0 Å². The SMILES string of the molecule is CON=C(C(=O)N[C@@H]1C(=O)N2C(C(=O)O)=C(CSc3nc(=O)cnn3C)CS[C@H]12)c1csc(N)n1. The van der Waals surface area contributed by atoms with E-state index in [2.05, 4.69) is 25.5 Å². The number of amides is 2. The van der Waals surface area contributed by atoms with E-state index in [0.717, 1.165) is 34.2 Å². The highest BCUT2D eigenvalue weighted by atomic mass is 32.2. The summed E-state index contributed by atoms with van der Waals surface area (Å²) in [6.45, 7) is 0. The maximum Gasteiger partial charge on any atom is 0.352 e. The number of nitrogens with zero attached hydrogens (tertiary/aromatic N) is 6. The molecule has 0 spiro atoms. The third-order valence-electron chi connectivity index (χ3n) is 4.90. The van der Waals surface area contributed by atoms with Gasteiger partial charge in [-0.3, -0.25) is 19.3 Å². The van der Waals surface area contributed by atoms with Crippen molar-refractivity contribution in [2.24, 2.45) is 12.2 Å². The topological polar surface area (TPSA) is 195 Å². The van der Waals surface area contributed by atoms with E-state index in [-0.39, 0.29) is 28.0 Å². The van der Waals surface area contributed by atoms with Crippen LogP contribution in [0.2, 0.25) is 0 Å². The highest BCUT2D eigenvalue weighted by molar-refractivity contribution is 8.01. The Morgan fingerprint density at radius 2 is 2.17 bits per heavy atom. The van der Waals surface area contributed by atoms with Crippen molar-refractivity contribution in [3.8, 4) is 0 Å². The summed E-state index contributed by atoms with van der Waals surface area (Å²) >= 11 is 3.56. The number of nitrogens with one attached hydrogen (secondary N) is 1. The Kier molecular flexibility index (Phi) is 7.08. The van der Waals surface area contributed by atoms with Crippen molar-refractivity contribution in [3.05, 3.63) is 38.9 Å². The number of carboxylic acids is 1. The number of anilines is 1. The average Bonchev–Trinajstić information content (AvgIpc) is 3.26. The van der Waals surface area contributed by atoms with Crippen molar-refractivity contribution in [3.63, 3.8) is 0 Å². The number of oxime groups is 1. The molecule has 14 nitrogen and oxygen atoms in total. The molecule has 17 heteroatoms. The lowest BCUT2D eigenvalue weighted by molar-refractivity contribution is -0.150. The number of carbonyl (C=O) groups excluding carboxylic acids is 2. The number of nitrogen functional groups attached to an aromatic ring is 1. The molecule has 2 aliphatic rings. The Labute approximate surface area is 209 Å². The first-order valence-corrected chi connectivity index (χ1v) is 12.7. The van der Waals surface area contributed by atoms with Crippen molar-refractivity contribution in [1.29, 1.82) is 0 Å². The third-order valence-corrected chi connectivity index (χ3v) is 8.02. The molecule has 4 rings (SSSR count). The molecular formula is C18H18N8O6S3. The summed E-state index contributed by atoms with van der Waals surface area (Å²) in [6.07, 6.45) is 1.08. The lowest BCUT2D eigenvalue weighted by Crippen LogP contribution is -2.71. The summed E-state index contributed by atoms with van der Waals surface area (Å²) in [6, 6.07) is -0.963. The minimum absolute atomic E-state index is 0.149. The van der Waals surface area contributed by atoms with Crippen LogP contribution in [-0.4, -0.2) is 83.3 Å². The van der Waals surface area contributed by atoms with Gasteiger partial charge in [0.1, 0.15) is 36.1 Å². The number of thioether (sulfide) groups is 2. The van der Waals surface area contributed by atoms with Gasteiger partial charge in [0.15, 0.2) is 16.0 Å². The Morgan fingerprint density at radius 3 is 2.83 bits per heavy atom. The van der Waals surface area contributed by atoms with Gasteiger partial charge in [-0.25, -0.2) is 14.5 Å². The van der Waals surface area contributed by atoms with Crippen LogP contribution in [0.3, 0.4) is 0 Å². The largest absolute Gasteiger partial charge is 0.477 e. The lowest BCUT2D eigenvalue weighted by Gasteiger charge is -2.49. The predicted octanol–water partition coefficient (Wildman–Crippen LogP) is -0.905. The van der Waals surface area contributed by atoms with Gasteiger partial charge in [-0.1, -0.05) is 16.9 Å². The fourth-order valence-electron chi connectivity index (χ4n) is 3.35. The number of fused-ring (bicyclic) bond motifs is 1. The van der Waals surface area contributed by atoms with Crippen LogP contribution in [0.25, 0.3) is 0 Å². The minimum Gasteiger partial charge on any atom is -0.477 e. The maximum absolute atomic E-state index is 12.9. The van der Waals surface area contributed by atoms with Crippen LogP contribution in [0.4, 0.5) is 5.13 Å². The Morgan fingerprint density at radius 1 is 1.40 bits per heavy atom. The second kappa shape index (κ2) is 10.0. The lowest BCUT2D eigenvalue weighted by atomic mass is 10.0. The number of rotatable bonds is 8. The van der Waals surface area contributed by atoms with Crippen molar-refractivity contribution >= 4 is 63.5 Å². The predicted molar refractivity (Wildman–Crippen MR) is 128 cm³/mol. The van der Waals surface area contributed by atoms with Crippen LogP contribution >= 0.6 is 34.9 Å². The Hall–Kier alpha value is -3.44. The van der Waals surface area contributed by atoms with Crippen molar-refractivity contribution in [2.45, 2.75) is 16.6 Å². The fraction of sp³-hybridized carbons (Fsp3) is 0.333. The molecule has 2 aromatic rings. The van der Waals surface area contributed by atoms with Gasteiger partial charge in [0.2, 0.25) is 0 Å². The highest BCUT2D eigenvalue weighted by Crippen LogP contribution is 2.41. The fourth-order valence-corrected chi connectivity index (χ4v) is 6.31. The zero-order chi connectivity index (χ0) is 25.3. The van der Waals surface area contributed by atoms with Gasteiger partial charge in [0, 0.05) is 23.9 Å². The van der Waals surface area contributed by atoms with Gasteiger partial charge in [-0.15, -0.1) is 23.1 Å². The first-order valence-electron chi connectivity index (χ1n) is 9.77. The number of carbonyl (C=O) groups is 3. The standard InChI is InChI=1S/C18H18N8O6S3/c1-25-18(22-9(27)3-20-25)35-5-7-4-33-15-11(14(29)26(15)12(7)16(30)31)23-13(28)10(24-32-2)8-6-34-17(19)21-8/h3,6,11,15H,4-5H2,1-2H3,(H2,19,21)(H,23,28)(H,30,31)/t11-,15-/m1/s1. The number of hydrogen-bond acceptors (Lipinski definition) is 13. The number of β-lactam (4-membered cyclic amide) rings is 1. The normalized spacial score (nSPS) is 19.8. The van der Waals surface area contributed by atoms with Crippen LogP contribution in [0.15, 0.2) is 38.0 Å². The van der Waals surface area contributed by atoms with Gasteiger partial charge in [-0.05, 0) is 5.57 Å². The quantitative estimate of drug-likeness (QED) is 0.162. The smallest absolute Gasteiger partial charge is 0.352 e. The van der Waals surface area contributed by atoms with E-state index in [1.165, 1.54) is 28.9 Å². The van der Waals surface area contributed by atoms with Crippen molar-refractivity contribution in [1.82, 2.24) is 30.0 Å². The van der Waals surface area contributed by atoms with Crippen LogP contribution in [-0.2, 0) is 26.3 Å². The minimum atomic E-state index is -1.27. The van der Waals surface area contributed by atoms with Gasteiger partial charge in [0.25, 0.3) is 17.4 Å². The molecule has 2 atom stereocenters. The molecule has 2 aliphatic heterocycles. The number of aromatic nitrogens is 4. The molecule has 35 heavy (non-hydrogen) atoms. The molecule has 0 radical (unpaired) electrons. The van der Waals surface area contributed by atoms with E-state index in [9.17, 15) is 24.3 Å². The monoisotopic (exact) mass is 538 g/mol. The van der Waals surface area contributed by atoms with Crippen LogP contribution in [0, 0.1) is 0 Å². The summed E-state index contributed by atoms with van der Waals surface area (Å²) < 4.78 is 1.40. The van der Waals surface area contributed by atoms with E-state index >= 15 is 0 Å². The van der Waals surface area contributed by atoms with E-state index in [4.69, 9.17) is 10.6 Å². The summed E-state index contributed by atoms with van der Waals surface area (Å²) in [5.41, 5.74) is 5.48. The second-order valence-corrected chi connectivity index (χ2v) is 10.0. The zero-order valence-electron chi connectivity index (χ0n) is 18.2. The number of thiazole rings is 1. The van der Waals surface area contributed by atoms with E-state index < -0.39 is 34.8 Å². The molecule has 0 unspecified atom stereocenters. The number of aliphatic carboxylic acids is 1. The van der Waals surface area contributed by atoms with Crippen LogP contribution < -0.4 is 16.6 Å². The number of nitrogens with two attached hydrogens (primary N) is 1. The van der Waals surface area contributed by atoms with Gasteiger partial charge < -0.3 is 21.0 Å². The average molecular weight is 539 g/mol. The van der Waals surface area contributed by atoms with Gasteiger partial charge in [0.05, 0.1) is 0 Å². The van der Waals surface area contributed by atoms with Crippen LogP contribution in [0.1, 0.15) is 5.69 Å². The summed E-state index contributed by atoms with van der Waals surface area (Å²) in [4.78, 5) is 63.0. The van der Waals surface area contributed by atoms with Crippen molar-refractivity contribution < 1.29 is 24.3 Å². The molecule has 184 valence electrons. The van der Waals surface area contributed by atoms with E-state index in [1.54, 1.807) is 7.05 Å². The maximum atomic E-state index is 12.9. The highest BCUT2D eigenvalue weighted by Gasteiger charge is 2.54. The van der Waals surface area contributed by atoms with E-state index in [1.807, 2.05) is 0 Å². The molecule has 1 fully saturated rings. The van der Waals surface area contributed by atoms with Gasteiger partial charge >= 0.3 is 5.97 Å². The molecule has 0 bridgehead atoms. The van der Waals surface area contributed by atoms with Crippen molar-refractivity contribution in [2.75, 3.05) is 24.3 Å².